The normalized spacial score (nSPS) is 12.6. The van der Waals surface area contributed by atoms with E-state index in [1.165, 1.54) is 25.3 Å². The van der Waals surface area contributed by atoms with Crippen molar-refractivity contribution in [2.45, 2.75) is 12.3 Å². The molecule has 0 heterocycles. The number of carbonyl (C=O) groups excluding carboxylic acids is 1. The van der Waals surface area contributed by atoms with E-state index in [0.717, 1.165) is 12.1 Å². The topological polar surface area (TPSA) is 55.8 Å². The second-order valence-electron chi connectivity index (χ2n) is 4.61. The highest BCUT2D eigenvalue weighted by Crippen LogP contribution is 2.37. The Hall–Kier alpha value is -2.54. The van der Waals surface area contributed by atoms with Crippen LogP contribution in [0.15, 0.2) is 48.5 Å². The molecule has 0 aliphatic rings. The summed E-state index contributed by atoms with van der Waals surface area (Å²) in [5.41, 5.74) is -0.217. The van der Waals surface area contributed by atoms with Gasteiger partial charge in [0.2, 0.25) is 0 Å². The first-order chi connectivity index (χ1) is 10.8. The summed E-state index contributed by atoms with van der Waals surface area (Å²) in [6.45, 7) is 0. The van der Waals surface area contributed by atoms with Crippen molar-refractivity contribution in [3.63, 3.8) is 0 Å². The van der Waals surface area contributed by atoms with Gasteiger partial charge in [0.25, 0.3) is 0 Å². The summed E-state index contributed by atoms with van der Waals surface area (Å²) in [4.78, 5) is 12.0. The Morgan fingerprint density at radius 2 is 1.74 bits per heavy atom. The highest BCUT2D eigenvalue weighted by atomic mass is 19.4. The van der Waals surface area contributed by atoms with Crippen LogP contribution >= 0.6 is 0 Å². The van der Waals surface area contributed by atoms with Crippen molar-refractivity contribution < 1.29 is 32.5 Å². The van der Waals surface area contributed by atoms with Crippen LogP contribution in [-0.2, 0) is 0 Å². The van der Waals surface area contributed by atoms with Crippen LogP contribution in [0, 0.1) is 0 Å². The first-order valence-electron chi connectivity index (χ1n) is 6.53. The predicted octanol–water partition coefficient (Wildman–Crippen LogP) is 3.51. The fraction of sp³-hybridized carbons (Fsp3) is 0.188. The van der Waals surface area contributed by atoms with E-state index in [9.17, 15) is 23.1 Å². The van der Waals surface area contributed by atoms with Crippen molar-refractivity contribution in [1.29, 1.82) is 0 Å². The van der Waals surface area contributed by atoms with Crippen LogP contribution < -0.4 is 9.47 Å². The number of rotatable bonds is 4. The molecule has 0 aliphatic carbocycles. The van der Waals surface area contributed by atoms with Crippen LogP contribution in [0.1, 0.15) is 22.0 Å². The molecule has 1 atom stereocenters. The van der Waals surface area contributed by atoms with Gasteiger partial charge in [-0.1, -0.05) is 24.3 Å². The molecule has 0 radical (unpaired) electrons. The number of benzene rings is 2. The summed E-state index contributed by atoms with van der Waals surface area (Å²) < 4.78 is 47.8. The van der Waals surface area contributed by atoms with E-state index in [1.54, 1.807) is 18.2 Å². The lowest BCUT2D eigenvalue weighted by Crippen LogP contribution is -2.20. The van der Waals surface area contributed by atoms with E-state index in [4.69, 9.17) is 9.47 Å². The molecule has 0 saturated heterocycles. The smallest absolute Gasteiger partial charge is 0.418 e. The average Bonchev–Trinajstić information content (AvgIpc) is 2.54. The summed E-state index contributed by atoms with van der Waals surface area (Å²) in [5.74, 6) is -0.878. The Bertz CT molecular complexity index is 683. The van der Waals surface area contributed by atoms with Gasteiger partial charge in [0.15, 0.2) is 17.6 Å². The van der Waals surface area contributed by atoms with Gasteiger partial charge in [-0.25, -0.2) is 4.79 Å². The van der Waals surface area contributed by atoms with Crippen molar-refractivity contribution >= 4 is 5.97 Å². The molecular weight excluding hydrogens is 313 g/mol. The molecule has 2 aromatic carbocycles. The second kappa shape index (κ2) is 6.70. The molecule has 0 saturated carbocycles. The number of esters is 1. The summed E-state index contributed by atoms with van der Waals surface area (Å²) in [6, 6.07) is 11.1. The number of hydrogen-bond acceptors (Lipinski definition) is 4. The fourth-order valence-corrected chi connectivity index (χ4v) is 1.87. The van der Waals surface area contributed by atoms with Gasteiger partial charge in [0, 0.05) is 0 Å². The Kier molecular flexibility index (Phi) is 4.90. The zero-order valence-corrected chi connectivity index (χ0v) is 12.0. The quantitative estimate of drug-likeness (QED) is 0.690. The van der Waals surface area contributed by atoms with Crippen LogP contribution in [0.4, 0.5) is 13.2 Å². The molecular formula is C16H13F3O4. The lowest BCUT2D eigenvalue weighted by molar-refractivity contribution is -0.206. The molecule has 0 fully saturated rings. The zero-order valence-electron chi connectivity index (χ0n) is 12.0. The van der Waals surface area contributed by atoms with Gasteiger partial charge in [-0.3, -0.25) is 0 Å². The fourth-order valence-electron chi connectivity index (χ4n) is 1.87. The summed E-state index contributed by atoms with van der Waals surface area (Å²) in [5, 5.41) is 9.29. The van der Waals surface area contributed by atoms with E-state index in [0.29, 0.717) is 0 Å². The SMILES string of the molecule is COc1ccc(C(O)C(F)(F)F)cc1OC(=O)c1ccccc1. The van der Waals surface area contributed by atoms with Gasteiger partial charge in [0.05, 0.1) is 12.7 Å². The van der Waals surface area contributed by atoms with Crippen LogP contribution in [0.5, 0.6) is 11.5 Å². The van der Waals surface area contributed by atoms with Gasteiger partial charge >= 0.3 is 12.1 Å². The summed E-state index contributed by atoms with van der Waals surface area (Å²) in [6.07, 6.45) is -7.50. The standard InChI is InChI=1S/C16H13F3O4/c1-22-12-8-7-11(14(20)16(17,18)19)9-13(12)23-15(21)10-5-3-2-4-6-10/h2-9,14,20H,1H3. The Morgan fingerprint density at radius 3 is 2.30 bits per heavy atom. The maximum absolute atomic E-state index is 12.6. The summed E-state index contributed by atoms with van der Waals surface area (Å²) in [7, 11) is 1.29. The third kappa shape index (κ3) is 4.01. The third-order valence-corrected chi connectivity index (χ3v) is 3.03. The van der Waals surface area contributed by atoms with Crippen LogP contribution in [0.2, 0.25) is 0 Å². The molecule has 0 bridgehead atoms. The van der Waals surface area contributed by atoms with Crippen molar-refractivity contribution in [3.05, 3.63) is 59.7 Å². The third-order valence-electron chi connectivity index (χ3n) is 3.03. The molecule has 4 nitrogen and oxygen atoms in total. The number of alkyl halides is 3. The molecule has 1 unspecified atom stereocenters. The highest BCUT2D eigenvalue weighted by molar-refractivity contribution is 5.91. The zero-order chi connectivity index (χ0) is 17.0. The van der Waals surface area contributed by atoms with Crippen LogP contribution in [-0.4, -0.2) is 24.4 Å². The second-order valence-corrected chi connectivity index (χ2v) is 4.61. The lowest BCUT2D eigenvalue weighted by Gasteiger charge is -2.17. The molecule has 7 heteroatoms. The van der Waals surface area contributed by atoms with E-state index < -0.39 is 23.8 Å². The van der Waals surface area contributed by atoms with Gasteiger partial charge in [-0.2, -0.15) is 13.2 Å². The Morgan fingerprint density at radius 1 is 1.09 bits per heavy atom. The highest BCUT2D eigenvalue weighted by Gasteiger charge is 2.39. The Balaban J connectivity index is 2.31. The minimum atomic E-state index is -4.82. The molecule has 0 aromatic heterocycles. The largest absolute Gasteiger partial charge is 0.493 e. The van der Waals surface area contributed by atoms with Crippen molar-refractivity contribution in [1.82, 2.24) is 0 Å². The number of ether oxygens (including phenoxy) is 2. The maximum atomic E-state index is 12.6. The minimum absolute atomic E-state index is 0.0763. The number of hydrogen-bond donors (Lipinski definition) is 1. The van der Waals surface area contributed by atoms with Crippen molar-refractivity contribution in [2.24, 2.45) is 0 Å². The van der Waals surface area contributed by atoms with E-state index in [2.05, 4.69) is 0 Å². The number of halogens is 3. The molecule has 0 aliphatic heterocycles. The number of methoxy groups -OCH3 is 1. The number of aliphatic hydroxyl groups is 1. The molecule has 0 spiro atoms. The minimum Gasteiger partial charge on any atom is -0.493 e. The van der Waals surface area contributed by atoms with Gasteiger partial charge in [0.1, 0.15) is 0 Å². The summed E-state index contributed by atoms with van der Waals surface area (Å²) >= 11 is 0. The first kappa shape index (κ1) is 16.8. The monoisotopic (exact) mass is 326 g/mol. The van der Waals surface area contributed by atoms with E-state index in [1.807, 2.05) is 0 Å². The van der Waals surface area contributed by atoms with E-state index >= 15 is 0 Å². The molecule has 122 valence electrons. The lowest BCUT2D eigenvalue weighted by atomic mass is 10.1. The van der Waals surface area contributed by atoms with Crippen LogP contribution in [0.25, 0.3) is 0 Å². The van der Waals surface area contributed by atoms with Crippen molar-refractivity contribution in [2.75, 3.05) is 7.11 Å². The molecule has 0 amide bonds. The predicted molar refractivity (Wildman–Crippen MR) is 75.4 cm³/mol. The van der Waals surface area contributed by atoms with Crippen LogP contribution in [0.3, 0.4) is 0 Å². The van der Waals surface area contributed by atoms with Crippen molar-refractivity contribution in [3.8, 4) is 11.5 Å². The molecule has 2 rings (SSSR count). The molecule has 1 N–H and O–H groups in total. The first-order valence-corrected chi connectivity index (χ1v) is 6.53. The van der Waals surface area contributed by atoms with Gasteiger partial charge in [-0.15, -0.1) is 0 Å². The number of aliphatic hydroxyl groups excluding tert-OH is 1. The van der Waals surface area contributed by atoms with E-state index in [-0.39, 0.29) is 17.1 Å². The average molecular weight is 326 g/mol. The molecule has 2 aromatic rings. The number of carbonyl (C=O) groups is 1. The maximum Gasteiger partial charge on any atom is 0.418 e. The molecule has 23 heavy (non-hydrogen) atoms. The van der Waals surface area contributed by atoms with Gasteiger partial charge < -0.3 is 14.6 Å². The Labute approximate surface area is 130 Å². The van der Waals surface area contributed by atoms with Gasteiger partial charge in [-0.05, 0) is 29.8 Å².